The molecule has 0 aliphatic rings. The smallest absolute Gasteiger partial charge is 0.0949 e. The number of rotatable bonds is 3. The van der Waals surface area contributed by atoms with Crippen molar-refractivity contribution in [3.8, 4) is 0 Å². The van der Waals surface area contributed by atoms with Gasteiger partial charge in [-0.15, -0.1) is 0 Å². The zero-order valence-electron chi connectivity index (χ0n) is 7.62. The summed E-state index contributed by atoms with van der Waals surface area (Å²) in [5, 5.41) is 0. The second-order valence-electron chi connectivity index (χ2n) is 3.48. The first-order chi connectivity index (χ1) is 5.55. The molecule has 4 heteroatoms. The maximum atomic E-state index is 5.93. The lowest BCUT2D eigenvalue weighted by Crippen LogP contribution is -2.32. The average molecular weight is 168 g/mol. The molecule has 0 amide bonds. The number of nitrogens with two attached hydrogens (primary N) is 2. The fourth-order valence-corrected chi connectivity index (χ4v) is 1.17. The van der Waals surface area contributed by atoms with Gasteiger partial charge in [-0.25, -0.2) is 4.98 Å². The molecule has 12 heavy (non-hydrogen) atoms. The van der Waals surface area contributed by atoms with E-state index in [-0.39, 0.29) is 5.54 Å². The summed E-state index contributed by atoms with van der Waals surface area (Å²) in [6.07, 6.45) is 3.55. The van der Waals surface area contributed by atoms with E-state index in [1.54, 1.807) is 12.5 Å². The second kappa shape index (κ2) is 3.25. The van der Waals surface area contributed by atoms with Gasteiger partial charge in [-0.1, -0.05) is 0 Å². The molecule has 0 bridgehead atoms. The van der Waals surface area contributed by atoms with Crippen molar-refractivity contribution in [1.82, 2.24) is 9.55 Å². The Hall–Kier alpha value is -0.870. The van der Waals surface area contributed by atoms with Crippen LogP contribution in [-0.4, -0.2) is 16.1 Å². The highest BCUT2D eigenvalue weighted by Crippen LogP contribution is 2.15. The minimum atomic E-state index is -0.342. The predicted octanol–water partition coefficient (Wildman–Crippen LogP) is 0.0356. The van der Waals surface area contributed by atoms with Crippen molar-refractivity contribution >= 4 is 0 Å². The zero-order chi connectivity index (χ0) is 9.19. The molecule has 0 aliphatic heterocycles. The van der Waals surface area contributed by atoms with Gasteiger partial charge in [0.15, 0.2) is 0 Å². The van der Waals surface area contributed by atoms with Crippen LogP contribution < -0.4 is 11.5 Å². The highest BCUT2D eigenvalue weighted by Gasteiger charge is 2.18. The first-order valence-corrected chi connectivity index (χ1v) is 4.05. The number of hydrogen-bond acceptors (Lipinski definition) is 3. The van der Waals surface area contributed by atoms with E-state index in [0.29, 0.717) is 6.54 Å². The standard InChI is InChI=1S/C8H16N4/c1-8(2,10)7-5-11-6-12(7)4-3-9/h5-6H,3-4,9-10H2,1-2H3. The summed E-state index contributed by atoms with van der Waals surface area (Å²) in [7, 11) is 0. The van der Waals surface area contributed by atoms with Crippen LogP contribution in [-0.2, 0) is 12.1 Å². The van der Waals surface area contributed by atoms with E-state index in [1.807, 2.05) is 18.4 Å². The van der Waals surface area contributed by atoms with Crippen molar-refractivity contribution < 1.29 is 0 Å². The van der Waals surface area contributed by atoms with E-state index in [4.69, 9.17) is 11.5 Å². The van der Waals surface area contributed by atoms with Crippen LogP contribution in [0, 0.1) is 0 Å². The average Bonchev–Trinajstić information content (AvgIpc) is 2.34. The Morgan fingerprint density at radius 3 is 2.75 bits per heavy atom. The maximum Gasteiger partial charge on any atom is 0.0949 e. The van der Waals surface area contributed by atoms with Crippen LogP contribution in [0.25, 0.3) is 0 Å². The molecule has 68 valence electrons. The first-order valence-electron chi connectivity index (χ1n) is 4.05. The molecule has 0 spiro atoms. The fourth-order valence-electron chi connectivity index (χ4n) is 1.17. The molecule has 0 radical (unpaired) electrons. The normalized spacial score (nSPS) is 12.0. The molecule has 0 aromatic carbocycles. The van der Waals surface area contributed by atoms with Gasteiger partial charge in [-0.3, -0.25) is 0 Å². The van der Waals surface area contributed by atoms with Crippen LogP contribution in [0.1, 0.15) is 19.5 Å². The molecule has 1 aromatic rings. The van der Waals surface area contributed by atoms with Gasteiger partial charge >= 0.3 is 0 Å². The molecule has 0 unspecified atom stereocenters. The van der Waals surface area contributed by atoms with Crippen LogP contribution in [0.15, 0.2) is 12.5 Å². The monoisotopic (exact) mass is 168 g/mol. The Kier molecular flexibility index (Phi) is 2.49. The van der Waals surface area contributed by atoms with E-state index < -0.39 is 0 Å². The van der Waals surface area contributed by atoms with Crippen molar-refractivity contribution in [1.29, 1.82) is 0 Å². The van der Waals surface area contributed by atoms with Crippen LogP contribution in [0.5, 0.6) is 0 Å². The number of hydrogen-bond donors (Lipinski definition) is 2. The Morgan fingerprint density at radius 1 is 1.58 bits per heavy atom. The lowest BCUT2D eigenvalue weighted by atomic mass is 10.0. The van der Waals surface area contributed by atoms with Crippen molar-refractivity contribution in [2.45, 2.75) is 25.9 Å². The SMILES string of the molecule is CC(C)(N)c1cncn1CCN. The molecule has 0 aliphatic carbocycles. The molecule has 1 aromatic heterocycles. The van der Waals surface area contributed by atoms with E-state index >= 15 is 0 Å². The molecule has 0 fully saturated rings. The highest BCUT2D eigenvalue weighted by molar-refractivity contribution is 5.09. The van der Waals surface area contributed by atoms with Crippen LogP contribution in [0.2, 0.25) is 0 Å². The van der Waals surface area contributed by atoms with E-state index in [9.17, 15) is 0 Å². The summed E-state index contributed by atoms with van der Waals surface area (Å²) in [5.74, 6) is 0. The van der Waals surface area contributed by atoms with Gasteiger partial charge in [0.2, 0.25) is 0 Å². The molecule has 4 nitrogen and oxygen atoms in total. The minimum Gasteiger partial charge on any atom is -0.332 e. The Morgan fingerprint density at radius 2 is 2.25 bits per heavy atom. The van der Waals surface area contributed by atoms with Crippen LogP contribution >= 0.6 is 0 Å². The summed E-state index contributed by atoms with van der Waals surface area (Å²) in [6.45, 7) is 5.30. The molecular weight excluding hydrogens is 152 g/mol. The zero-order valence-corrected chi connectivity index (χ0v) is 7.62. The number of aromatic nitrogens is 2. The molecule has 1 rings (SSSR count). The Balaban J connectivity index is 2.91. The highest BCUT2D eigenvalue weighted by atomic mass is 15.1. The summed E-state index contributed by atoms with van der Waals surface area (Å²) in [6, 6.07) is 0. The van der Waals surface area contributed by atoms with Crippen molar-refractivity contribution in [3.63, 3.8) is 0 Å². The molecule has 4 N–H and O–H groups in total. The van der Waals surface area contributed by atoms with Gasteiger partial charge in [0.25, 0.3) is 0 Å². The van der Waals surface area contributed by atoms with E-state index in [0.717, 1.165) is 12.2 Å². The van der Waals surface area contributed by atoms with Gasteiger partial charge in [0.1, 0.15) is 0 Å². The summed E-state index contributed by atoms with van der Waals surface area (Å²) >= 11 is 0. The molecule has 0 saturated carbocycles. The topological polar surface area (TPSA) is 69.9 Å². The Bertz CT molecular complexity index is 246. The van der Waals surface area contributed by atoms with Crippen molar-refractivity contribution in [2.75, 3.05) is 6.54 Å². The second-order valence-corrected chi connectivity index (χ2v) is 3.48. The third-order valence-corrected chi connectivity index (χ3v) is 1.74. The summed E-state index contributed by atoms with van der Waals surface area (Å²) in [5.41, 5.74) is 12.1. The predicted molar refractivity (Wildman–Crippen MR) is 48.5 cm³/mol. The number of nitrogens with zero attached hydrogens (tertiary/aromatic N) is 2. The largest absolute Gasteiger partial charge is 0.332 e. The third kappa shape index (κ3) is 1.84. The van der Waals surface area contributed by atoms with E-state index in [2.05, 4.69) is 4.98 Å². The van der Waals surface area contributed by atoms with Gasteiger partial charge in [0, 0.05) is 19.3 Å². The lowest BCUT2D eigenvalue weighted by molar-refractivity contribution is 0.494. The Labute approximate surface area is 72.6 Å². The molecule has 1 heterocycles. The fraction of sp³-hybridized carbons (Fsp3) is 0.625. The van der Waals surface area contributed by atoms with Crippen molar-refractivity contribution in [2.24, 2.45) is 11.5 Å². The number of imidazole rings is 1. The maximum absolute atomic E-state index is 5.93. The molecular formula is C8H16N4. The molecule has 0 saturated heterocycles. The third-order valence-electron chi connectivity index (χ3n) is 1.74. The van der Waals surface area contributed by atoms with E-state index in [1.165, 1.54) is 0 Å². The summed E-state index contributed by atoms with van der Waals surface area (Å²) in [4.78, 5) is 4.03. The summed E-state index contributed by atoms with van der Waals surface area (Å²) < 4.78 is 1.99. The van der Waals surface area contributed by atoms with Crippen molar-refractivity contribution in [3.05, 3.63) is 18.2 Å². The van der Waals surface area contributed by atoms with Gasteiger partial charge < -0.3 is 16.0 Å². The minimum absolute atomic E-state index is 0.342. The van der Waals surface area contributed by atoms with Crippen LogP contribution in [0.4, 0.5) is 0 Å². The van der Waals surface area contributed by atoms with Crippen LogP contribution in [0.3, 0.4) is 0 Å². The van der Waals surface area contributed by atoms with Gasteiger partial charge in [0.05, 0.1) is 17.6 Å². The van der Waals surface area contributed by atoms with Gasteiger partial charge in [-0.2, -0.15) is 0 Å². The lowest BCUT2D eigenvalue weighted by Gasteiger charge is -2.20. The van der Waals surface area contributed by atoms with Gasteiger partial charge in [-0.05, 0) is 13.8 Å². The molecule has 0 atom stereocenters. The quantitative estimate of drug-likeness (QED) is 0.669. The first kappa shape index (κ1) is 9.22.